The van der Waals surface area contributed by atoms with Crippen LogP contribution in [0, 0.1) is 0 Å². The van der Waals surface area contributed by atoms with Gasteiger partial charge in [-0.05, 0) is 18.4 Å². The molecule has 4 nitrogen and oxygen atoms in total. The third-order valence-corrected chi connectivity index (χ3v) is 3.14. The Hall–Kier alpha value is -1.76. The second-order valence-corrected chi connectivity index (χ2v) is 4.36. The van der Waals surface area contributed by atoms with Crippen molar-refractivity contribution in [3.63, 3.8) is 0 Å². The lowest BCUT2D eigenvalue weighted by Crippen LogP contribution is -2.56. The predicted molar refractivity (Wildman–Crippen MR) is 59.8 cm³/mol. The van der Waals surface area contributed by atoms with Crippen molar-refractivity contribution in [1.29, 1.82) is 0 Å². The summed E-state index contributed by atoms with van der Waals surface area (Å²) < 4.78 is 44.4. The molecule has 104 valence electrons. The lowest BCUT2D eigenvalue weighted by Gasteiger charge is -2.31. The van der Waals surface area contributed by atoms with E-state index in [4.69, 9.17) is 15.6 Å². The van der Waals surface area contributed by atoms with E-state index >= 15 is 0 Å². The molecule has 1 aliphatic heterocycles. The zero-order chi connectivity index (χ0) is 14.3. The summed E-state index contributed by atoms with van der Waals surface area (Å²) in [5, 5.41) is 8.92. The van der Waals surface area contributed by atoms with Crippen LogP contribution in [0.2, 0.25) is 0 Å². The summed E-state index contributed by atoms with van der Waals surface area (Å²) in [6.07, 6.45) is -3.90. The molecule has 0 aliphatic carbocycles. The van der Waals surface area contributed by atoms with Gasteiger partial charge in [0.25, 0.3) is 0 Å². The van der Waals surface area contributed by atoms with E-state index < -0.39 is 23.2 Å². The van der Waals surface area contributed by atoms with Gasteiger partial charge in [0.05, 0.1) is 6.61 Å². The topological polar surface area (TPSA) is 72.6 Å². The summed E-state index contributed by atoms with van der Waals surface area (Å²) >= 11 is 0. The van der Waals surface area contributed by atoms with Gasteiger partial charge in [0.1, 0.15) is 5.75 Å². The Bertz CT molecular complexity index is 515. The molecule has 0 spiro atoms. The van der Waals surface area contributed by atoms with Crippen LogP contribution >= 0.6 is 0 Å². The molecular weight excluding hydrogens is 263 g/mol. The van der Waals surface area contributed by atoms with Gasteiger partial charge in [0, 0.05) is 5.56 Å². The molecule has 0 saturated heterocycles. The highest BCUT2D eigenvalue weighted by molar-refractivity contribution is 5.83. The molecule has 1 unspecified atom stereocenters. The molecule has 0 aromatic heterocycles. The van der Waals surface area contributed by atoms with Crippen LogP contribution in [-0.2, 0) is 16.8 Å². The summed E-state index contributed by atoms with van der Waals surface area (Å²) in [7, 11) is 0. The molecule has 1 atom stereocenters. The molecule has 1 aromatic rings. The molecule has 2 rings (SSSR count). The van der Waals surface area contributed by atoms with Crippen molar-refractivity contribution >= 4 is 5.97 Å². The molecule has 3 N–H and O–H groups in total. The SMILES string of the molecule is NC(C(=O)O)(c1cccc2c1OCCC2)C(F)(F)F. The van der Waals surface area contributed by atoms with Crippen LogP contribution in [0.4, 0.5) is 13.2 Å². The van der Waals surface area contributed by atoms with Gasteiger partial charge in [-0.25, -0.2) is 4.79 Å². The number of benzene rings is 1. The second-order valence-electron chi connectivity index (χ2n) is 4.36. The summed E-state index contributed by atoms with van der Waals surface area (Å²) in [4.78, 5) is 11.1. The van der Waals surface area contributed by atoms with Gasteiger partial charge in [-0.15, -0.1) is 0 Å². The lowest BCUT2D eigenvalue weighted by molar-refractivity contribution is -0.205. The number of nitrogens with two attached hydrogens (primary N) is 1. The molecule has 0 radical (unpaired) electrons. The molecule has 0 saturated carbocycles. The number of alkyl halides is 3. The molecule has 19 heavy (non-hydrogen) atoms. The summed E-state index contributed by atoms with van der Waals surface area (Å²) in [5.74, 6) is -2.21. The maximum absolute atomic E-state index is 13.0. The van der Waals surface area contributed by atoms with Crippen LogP contribution in [0.3, 0.4) is 0 Å². The van der Waals surface area contributed by atoms with Crippen LogP contribution in [-0.4, -0.2) is 23.9 Å². The van der Waals surface area contributed by atoms with E-state index in [1.807, 2.05) is 0 Å². The largest absolute Gasteiger partial charge is 0.493 e. The third-order valence-electron chi connectivity index (χ3n) is 3.14. The van der Waals surface area contributed by atoms with E-state index in [0.717, 1.165) is 6.07 Å². The number of hydrogen-bond acceptors (Lipinski definition) is 3. The first-order valence-corrected chi connectivity index (χ1v) is 5.62. The van der Waals surface area contributed by atoms with Crippen molar-refractivity contribution in [2.45, 2.75) is 24.6 Å². The minimum Gasteiger partial charge on any atom is -0.493 e. The van der Waals surface area contributed by atoms with Crippen LogP contribution in [0.15, 0.2) is 18.2 Å². The highest BCUT2D eigenvalue weighted by Gasteiger charge is 2.61. The number of rotatable bonds is 2. The molecule has 1 heterocycles. The number of para-hydroxylation sites is 1. The van der Waals surface area contributed by atoms with E-state index in [1.165, 1.54) is 6.07 Å². The molecule has 1 aliphatic rings. The number of carboxylic acids is 1. The van der Waals surface area contributed by atoms with Crippen molar-refractivity contribution in [1.82, 2.24) is 0 Å². The van der Waals surface area contributed by atoms with Crippen molar-refractivity contribution in [3.8, 4) is 5.75 Å². The number of aliphatic carboxylic acids is 1. The van der Waals surface area contributed by atoms with E-state index in [1.54, 1.807) is 6.07 Å². The van der Waals surface area contributed by atoms with Gasteiger partial charge in [0.15, 0.2) is 0 Å². The second kappa shape index (κ2) is 4.41. The molecule has 0 fully saturated rings. The van der Waals surface area contributed by atoms with Crippen LogP contribution in [0.5, 0.6) is 5.75 Å². The Labute approximate surface area is 107 Å². The number of fused-ring (bicyclic) bond motifs is 1. The average molecular weight is 275 g/mol. The maximum atomic E-state index is 13.0. The van der Waals surface area contributed by atoms with E-state index in [0.29, 0.717) is 18.4 Å². The minimum atomic E-state index is -5.12. The first kappa shape index (κ1) is 13.7. The number of ether oxygens (including phenoxy) is 1. The van der Waals surface area contributed by atoms with Gasteiger partial charge in [-0.3, -0.25) is 0 Å². The molecule has 0 amide bonds. The van der Waals surface area contributed by atoms with Crippen LogP contribution in [0.25, 0.3) is 0 Å². The van der Waals surface area contributed by atoms with Gasteiger partial charge < -0.3 is 15.6 Å². The third kappa shape index (κ3) is 2.03. The van der Waals surface area contributed by atoms with E-state index in [-0.39, 0.29) is 12.4 Å². The van der Waals surface area contributed by atoms with Crippen molar-refractivity contribution in [3.05, 3.63) is 29.3 Å². The quantitative estimate of drug-likeness (QED) is 0.863. The Morgan fingerprint density at radius 3 is 2.63 bits per heavy atom. The lowest BCUT2D eigenvalue weighted by atomic mass is 9.87. The zero-order valence-electron chi connectivity index (χ0n) is 9.83. The number of hydrogen-bond donors (Lipinski definition) is 2. The summed E-state index contributed by atoms with van der Waals surface area (Å²) in [6, 6.07) is 4.02. The van der Waals surface area contributed by atoms with Gasteiger partial charge in [-0.2, -0.15) is 13.2 Å². The van der Waals surface area contributed by atoms with Gasteiger partial charge in [0.2, 0.25) is 5.54 Å². The molecule has 0 bridgehead atoms. The normalized spacial score (nSPS) is 18.1. The Morgan fingerprint density at radius 1 is 1.37 bits per heavy atom. The van der Waals surface area contributed by atoms with Crippen molar-refractivity contribution < 1.29 is 27.8 Å². The Balaban J connectivity index is 2.65. The van der Waals surface area contributed by atoms with Crippen LogP contribution < -0.4 is 10.5 Å². The monoisotopic (exact) mass is 275 g/mol. The molecular formula is C12H12F3NO3. The fourth-order valence-corrected chi connectivity index (χ4v) is 2.09. The minimum absolute atomic E-state index is 0.0593. The number of carbonyl (C=O) groups is 1. The fourth-order valence-electron chi connectivity index (χ4n) is 2.09. The Kier molecular flexibility index (Phi) is 3.17. The van der Waals surface area contributed by atoms with Gasteiger partial charge >= 0.3 is 12.1 Å². The van der Waals surface area contributed by atoms with Crippen molar-refractivity contribution in [2.75, 3.05) is 6.61 Å². The van der Waals surface area contributed by atoms with Gasteiger partial charge in [-0.1, -0.05) is 18.2 Å². The number of halogens is 3. The number of carboxylic acid groups (broad SMARTS) is 1. The fraction of sp³-hybridized carbons (Fsp3) is 0.417. The maximum Gasteiger partial charge on any atom is 0.421 e. The highest BCUT2D eigenvalue weighted by atomic mass is 19.4. The first-order chi connectivity index (χ1) is 8.78. The van der Waals surface area contributed by atoms with Crippen molar-refractivity contribution in [2.24, 2.45) is 5.73 Å². The zero-order valence-corrected chi connectivity index (χ0v) is 9.83. The van der Waals surface area contributed by atoms with Crippen LogP contribution in [0.1, 0.15) is 17.5 Å². The standard InChI is InChI=1S/C12H12F3NO3/c13-12(14,15)11(16,10(17)18)8-5-1-3-7-4-2-6-19-9(7)8/h1,3,5H,2,4,6,16H2,(H,17,18). The summed E-state index contributed by atoms with van der Waals surface area (Å²) in [6.45, 7) is 0.248. The summed E-state index contributed by atoms with van der Waals surface area (Å²) in [5.41, 5.74) is 1.69. The first-order valence-electron chi connectivity index (χ1n) is 5.62. The smallest absolute Gasteiger partial charge is 0.421 e. The average Bonchev–Trinajstić information content (AvgIpc) is 2.35. The molecule has 1 aromatic carbocycles. The number of aryl methyl sites for hydroxylation is 1. The molecule has 7 heteroatoms. The van der Waals surface area contributed by atoms with E-state index in [9.17, 15) is 18.0 Å². The Morgan fingerprint density at radius 2 is 2.05 bits per heavy atom. The van der Waals surface area contributed by atoms with E-state index in [2.05, 4.69) is 0 Å². The highest BCUT2D eigenvalue weighted by Crippen LogP contribution is 2.43. The predicted octanol–water partition coefficient (Wildman–Crippen LogP) is 1.81.